The van der Waals surface area contributed by atoms with Crippen LogP contribution in [0.25, 0.3) is 0 Å². The van der Waals surface area contributed by atoms with E-state index in [0.717, 1.165) is 4.47 Å². The van der Waals surface area contributed by atoms with Gasteiger partial charge < -0.3 is 15.4 Å². The van der Waals surface area contributed by atoms with Gasteiger partial charge in [0.2, 0.25) is 0 Å². The largest absolute Gasteiger partial charge is 0.358 e. The summed E-state index contributed by atoms with van der Waals surface area (Å²) in [6.07, 6.45) is 0. The SMILES string of the molecule is O=C(Nc1ccc(Br)cc1)c1ccc([N+](=O)[O-])[nH]1. The lowest BCUT2D eigenvalue weighted by Gasteiger charge is -2.01. The first-order valence-corrected chi connectivity index (χ1v) is 5.76. The molecule has 0 saturated heterocycles. The summed E-state index contributed by atoms with van der Waals surface area (Å²) in [6, 6.07) is 9.63. The molecule has 0 unspecified atom stereocenters. The molecule has 0 aliphatic carbocycles. The van der Waals surface area contributed by atoms with Crippen LogP contribution < -0.4 is 5.32 Å². The van der Waals surface area contributed by atoms with Gasteiger partial charge in [-0.3, -0.25) is 4.79 Å². The molecule has 0 aliphatic rings. The molecule has 92 valence electrons. The number of hydrogen-bond acceptors (Lipinski definition) is 3. The Bertz CT molecular complexity index is 592. The molecule has 0 atom stereocenters. The minimum absolute atomic E-state index is 0.143. The zero-order valence-electron chi connectivity index (χ0n) is 9.01. The molecule has 2 N–H and O–H groups in total. The number of halogens is 1. The number of hydrogen-bond donors (Lipinski definition) is 2. The van der Waals surface area contributed by atoms with Gasteiger partial charge in [0.15, 0.2) is 5.69 Å². The highest BCUT2D eigenvalue weighted by atomic mass is 79.9. The Morgan fingerprint density at radius 3 is 2.44 bits per heavy atom. The van der Waals surface area contributed by atoms with Crippen molar-refractivity contribution in [1.82, 2.24) is 4.98 Å². The van der Waals surface area contributed by atoms with E-state index in [1.54, 1.807) is 24.3 Å². The van der Waals surface area contributed by atoms with Gasteiger partial charge in [-0.15, -0.1) is 0 Å². The topological polar surface area (TPSA) is 88.0 Å². The number of aromatic amines is 1. The predicted molar refractivity (Wildman–Crippen MR) is 69.5 cm³/mol. The zero-order valence-corrected chi connectivity index (χ0v) is 10.6. The quantitative estimate of drug-likeness (QED) is 0.675. The summed E-state index contributed by atoms with van der Waals surface area (Å²) in [5.74, 6) is -0.638. The molecule has 0 fully saturated rings. The standard InChI is InChI=1S/C11H8BrN3O3/c12-7-1-3-8(4-2-7)13-11(16)9-5-6-10(14-9)15(17)18/h1-6,14H,(H,13,16). The number of benzene rings is 1. The monoisotopic (exact) mass is 309 g/mol. The van der Waals surface area contributed by atoms with Crippen molar-refractivity contribution in [2.75, 3.05) is 5.32 Å². The minimum Gasteiger partial charge on any atom is -0.358 e. The van der Waals surface area contributed by atoms with Gasteiger partial charge in [0, 0.05) is 16.2 Å². The molecular formula is C11H8BrN3O3. The Labute approximate surface area is 110 Å². The van der Waals surface area contributed by atoms with E-state index < -0.39 is 10.8 Å². The summed E-state index contributed by atoms with van der Waals surface area (Å²) in [7, 11) is 0. The van der Waals surface area contributed by atoms with Crippen LogP contribution in [0.3, 0.4) is 0 Å². The third kappa shape index (κ3) is 2.75. The van der Waals surface area contributed by atoms with E-state index in [9.17, 15) is 14.9 Å². The number of carbonyl (C=O) groups excluding carboxylic acids is 1. The molecule has 2 rings (SSSR count). The third-order valence-corrected chi connectivity index (χ3v) is 2.74. The normalized spacial score (nSPS) is 10.1. The van der Waals surface area contributed by atoms with E-state index in [-0.39, 0.29) is 11.5 Å². The Kier molecular flexibility index (Phi) is 3.42. The molecule has 1 heterocycles. The molecule has 6 nitrogen and oxygen atoms in total. The number of amides is 1. The zero-order chi connectivity index (χ0) is 13.1. The predicted octanol–water partition coefficient (Wildman–Crippen LogP) is 2.94. The van der Waals surface area contributed by atoms with Crippen LogP contribution in [0.15, 0.2) is 40.9 Å². The molecule has 2 aromatic rings. The van der Waals surface area contributed by atoms with Crippen molar-refractivity contribution in [3.63, 3.8) is 0 Å². The molecule has 18 heavy (non-hydrogen) atoms. The van der Waals surface area contributed by atoms with Crippen LogP contribution in [0.4, 0.5) is 11.5 Å². The molecule has 0 bridgehead atoms. The van der Waals surface area contributed by atoms with Crippen LogP contribution in [-0.4, -0.2) is 15.8 Å². The average Bonchev–Trinajstić information content (AvgIpc) is 2.81. The van der Waals surface area contributed by atoms with E-state index in [2.05, 4.69) is 26.2 Å². The van der Waals surface area contributed by atoms with Gasteiger partial charge in [-0.25, -0.2) is 4.98 Å². The van der Waals surface area contributed by atoms with Crippen LogP contribution in [0.5, 0.6) is 0 Å². The van der Waals surface area contributed by atoms with Gasteiger partial charge in [0.05, 0.1) is 0 Å². The first kappa shape index (κ1) is 12.3. The van der Waals surface area contributed by atoms with Crippen molar-refractivity contribution in [2.45, 2.75) is 0 Å². The molecule has 1 aromatic heterocycles. The number of carbonyl (C=O) groups is 1. The maximum absolute atomic E-state index is 11.8. The lowest BCUT2D eigenvalue weighted by molar-refractivity contribution is -0.389. The summed E-state index contributed by atoms with van der Waals surface area (Å²) in [6.45, 7) is 0. The fraction of sp³-hybridized carbons (Fsp3) is 0. The number of nitrogens with zero attached hydrogens (tertiary/aromatic N) is 1. The van der Waals surface area contributed by atoms with Crippen molar-refractivity contribution >= 4 is 33.3 Å². The number of nitro groups is 1. The summed E-state index contributed by atoms with van der Waals surface area (Å²) in [5.41, 5.74) is 0.755. The van der Waals surface area contributed by atoms with E-state index in [1.807, 2.05) is 0 Å². The molecular weight excluding hydrogens is 302 g/mol. The van der Waals surface area contributed by atoms with Crippen molar-refractivity contribution < 1.29 is 9.72 Å². The fourth-order valence-electron chi connectivity index (χ4n) is 1.35. The second kappa shape index (κ2) is 5.01. The van der Waals surface area contributed by atoms with Gasteiger partial charge in [-0.1, -0.05) is 15.9 Å². The fourth-order valence-corrected chi connectivity index (χ4v) is 1.62. The molecule has 1 amide bonds. The highest BCUT2D eigenvalue weighted by Crippen LogP contribution is 2.16. The van der Waals surface area contributed by atoms with Gasteiger partial charge in [0.1, 0.15) is 0 Å². The average molecular weight is 310 g/mol. The lowest BCUT2D eigenvalue weighted by atomic mass is 10.3. The highest BCUT2D eigenvalue weighted by molar-refractivity contribution is 9.10. The van der Waals surface area contributed by atoms with E-state index >= 15 is 0 Å². The summed E-state index contributed by atoms with van der Waals surface area (Å²) < 4.78 is 0.899. The number of anilines is 1. The van der Waals surface area contributed by atoms with Gasteiger partial charge in [-0.05, 0) is 35.3 Å². The Morgan fingerprint density at radius 2 is 1.89 bits per heavy atom. The van der Waals surface area contributed by atoms with Crippen molar-refractivity contribution in [1.29, 1.82) is 0 Å². The Hall–Kier alpha value is -2.15. The van der Waals surface area contributed by atoms with Crippen LogP contribution in [0, 0.1) is 10.1 Å². The molecule has 0 saturated carbocycles. The summed E-state index contributed by atoms with van der Waals surface area (Å²) in [5, 5.41) is 13.1. The molecule has 0 spiro atoms. The maximum atomic E-state index is 11.8. The number of nitrogens with one attached hydrogen (secondary N) is 2. The smallest absolute Gasteiger partial charge is 0.321 e. The second-order valence-electron chi connectivity index (χ2n) is 3.48. The van der Waals surface area contributed by atoms with Crippen LogP contribution in [-0.2, 0) is 0 Å². The Morgan fingerprint density at radius 1 is 1.22 bits per heavy atom. The van der Waals surface area contributed by atoms with Crippen molar-refractivity contribution in [2.24, 2.45) is 0 Å². The third-order valence-electron chi connectivity index (χ3n) is 2.21. The van der Waals surface area contributed by atoms with Crippen molar-refractivity contribution in [3.05, 3.63) is 56.7 Å². The number of aromatic nitrogens is 1. The molecule has 0 aliphatic heterocycles. The van der Waals surface area contributed by atoms with E-state index in [4.69, 9.17) is 0 Å². The Balaban J connectivity index is 2.11. The van der Waals surface area contributed by atoms with Gasteiger partial charge in [-0.2, -0.15) is 0 Å². The second-order valence-corrected chi connectivity index (χ2v) is 4.39. The maximum Gasteiger partial charge on any atom is 0.321 e. The minimum atomic E-state index is -0.587. The van der Waals surface area contributed by atoms with Gasteiger partial charge in [0.25, 0.3) is 5.91 Å². The first-order chi connectivity index (χ1) is 8.56. The van der Waals surface area contributed by atoms with Crippen LogP contribution in [0.1, 0.15) is 10.5 Å². The highest BCUT2D eigenvalue weighted by Gasteiger charge is 2.15. The summed E-state index contributed by atoms with van der Waals surface area (Å²) in [4.78, 5) is 24.1. The lowest BCUT2D eigenvalue weighted by Crippen LogP contribution is -2.12. The molecule has 0 radical (unpaired) electrons. The molecule has 7 heteroatoms. The van der Waals surface area contributed by atoms with Crippen LogP contribution >= 0.6 is 15.9 Å². The van der Waals surface area contributed by atoms with Gasteiger partial charge >= 0.3 is 5.82 Å². The van der Waals surface area contributed by atoms with Crippen molar-refractivity contribution in [3.8, 4) is 0 Å². The van der Waals surface area contributed by atoms with Crippen LogP contribution in [0.2, 0.25) is 0 Å². The number of rotatable bonds is 3. The first-order valence-electron chi connectivity index (χ1n) is 4.96. The number of H-pyrrole nitrogens is 1. The summed E-state index contributed by atoms with van der Waals surface area (Å²) >= 11 is 3.28. The molecule has 1 aromatic carbocycles. The van der Waals surface area contributed by atoms with E-state index in [1.165, 1.54) is 12.1 Å². The van der Waals surface area contributed by atoms with E-state index in [0.29, 0.717) is 5.69 Å².